The molecule has 2 aromatic carbocycles. The van der Waals surface area contributed by atoms with Gasteiger partial charge in [-0.25, -0.2) is 4.39 Å². The third kappa shape index (κ3) is 5.51. The highest BCUT2D eigenvalue weighted by atomic mass is 32.2. The van der Waals surface area contributed by atoms with Crippen molar-refractivity contribution in [3.8, 4) is 5.69 Å². The topological polar surface area (TPSA) is 110 Å². The minimum atomic E-state index is -0.515. The van der Waals surface area contributed by atoms with Crippen LogP contribution < -0.4 is 5.32 Å². The van der Waals surface area contributed by atoms with Crippen LogP contribution in [0.5, 0.6) is 0 Å². The van der Waals surface area contributed by atoms with Gasteiger partial charge in [0, 0.05) is 18.7 Å². The van der Waals surface area contributed by atoms with Gasteiger partial charge in [-0.2, -0.15) is 4.68 Å². The lowest BCUT2D eigenvalue weighted by molar-refractivity contribution is -0.123. The third-order valence-electron chi connectivity index (χ3n) is 4.74. The van der Waals surface area contributed by atoms with Crippen LogP contribution >= 0.6 is 23.5 Å². The van der Waals surface area contributed by atoms with E-state index >= 15 is 0 Å². The summed E-state index contributed by atoms with van der Waals surface area (Å²) in [6.07, 6.45) is 1.36. The van der Waals surface area contributed by atoms with Crippen molar-refractivity contribution in [3.63, 3.8) is 0 Å². The summed E-state index contributed by atoms with van der Waals surface area (Å²) in [5.41, 5.74) is 2.07. The van der Waals surface area contributed by atoms with Crippen molar-refractivity contribution in [2.75, 3.05) is 18.8 Å². The van der Waals surface area contributed by atoms with Crippen molar-refractivity contribution in [2.24, 2.45) is 0 Å². The zero-order valence-corrected chi connectivity index (χ0v) is 19.6. The van der Waals surface area contributed by atoms with Gasteiger partial charge >= 0.3 is 0 Å². The van der Waals surface area contributed by atoms with Crippen molar-refractivity contribution in [1.29, 1.82) is 0 Å². The molecule has 1 aliphatic rings. The number of thioether (sulfide) groups is 2. The van der Waals surface area contributed by atoms with E-state index in [1.165, 1.54) is 30.0 Å². The Kier molecular flexibility index (Phi) is 7.38. The van der Waals surface area contributed by atoms with Gasteiger partial charge in [0.2, 0.25) is 11.1 Å². The standard InChI is InChI=1S/C22H19FN6O3S2/c1-14-5-4-7-16(11-14)29-21(25-26-27-29)33-13-19(30)24-9-10-28-20(31)18(34-22(28)32)12-15-6-2-3-8-17(15)23/h2-8,11-12H,9-10,13H2,1H3,(H,24,30)/b18-12-. The maximum atomic E-state index is 13.8. The molecule has 3 amide bonds. The van der Waals surface area contributed by atoms with Crippen molar-refractivity contribution in [2.45, 2.75) is 12.1 Å². The molecule has 174 valence electrons. The maximum Gasteiger partial charge on any atom is 0.293 e. The van der Waals surface area contributed by atoms with Crippen LogP contribution in [0.2, 0.25) is 0 Å². The number of aromatic nitrogens is 4. The highest BCUT2D eigenvalue weighted by molar-refractivity contribution is 8.18. The molecule has 0 unspecified atom stereocenters. The number of carbonyl (C=O) groups excluding carboxylic acids is 3. The van der Waals surface area contributed by atoms with Crippen LogP contribution in [0.3, 0.4) is 0 Å². The van der Waals surface area contributed by atoms with Crippen LogP contribution in [0.25, 0.3) is 11.8 Å². The SMILES string of the molecule is Cc1cccc(-n2nnnc2SCC(=O)NCCN2C(=O)S/C(=C\c3ccccc3F)C2=O)c1. The minimum absolute atomic E-state index is 0.0106. The van der Waals surface area contributed by atoms with Crippen molar-refractivity contribution in [1.82, 2.24) is 30.4 Å². The summed E-state index contributed by atoms with van der Waals surface area (Å²) in [5, 5.41) is 14.3. The number of carbonyl (C=O) groups is 3. The Morgan fingerprint density at radius 1 is 1.21 bits per heavy atom. The van der Waals surface area contributed by atoms with Gasteiger partial charge in [0.1, 0.15) is 5.82 Å². The number of nitrogens with zero attached hydrogens (tertiary/aromatic N) is 5. The first-order valence-electron chi connectivity index (χ1n) is 10.2. The monoisotopic (exact) mass is 498 g/mol. The first-order chi connectivity index (χ1) is 16.4. The molecule has 4 rings (SSSR count). The summed E-state index contributed by atoms with van der Waals surface area (Å²) in [7, 11) is 0. The van der Waals surface area contributed by atoms with E-state index in [9.17, 15) is 18.8 Å². The lowest BCUT2D eigenvalue weighted by Crippen LogP contribution is -2.37. The van der Waals surface area contributed by atoms with Crippen LogP contribution in [0.15, 0.2) is 58.6 Å². The molecule has 1 aromatic heterocycles. The van der Waals surface area contributed by atoms with Gasteiger partial charge in [-0.05, 0) is 59.0 Å². The molecule has 9 nitrogen and oxygen atoms in total. The van der Waals surface area contributed by atoms with E-state index in [-0.39, 0.29) is 35.2 Å². The highest BCUT2D eigenvalue weighted by Gasteiger charge is 2.34. The van der Waals surface area contributed by atoms with Gasteiger partial charge in [-0.1, -0.05) is 42.1 Å². The summed E-state index contributed by atoms with van der Waals surface area (Å²) < 4.78 is 15.4. The van der Waals surface area contributed by atoms with Gasteiger partial charge in [0.15, 0.2) is 0 Å². The average Bonchev–Trinajstić information content (AvgIpc) is 3.39. The Morgan fingerprint density at radius 2 is 2.03 bits per heavy atom. The maximum absolute atomic E-state index is 13.8. The number of benzene rings is 2. The van der Waals surface area contributed by atoms with Crippen LogP contribution in [0.4, 0.5) is 9.18 Å². The molecular formula is C22H19FN6O3S2. The van der Waals surface area contributed by atoms with Crippen LogP contribution in [0.1, 0.15) is 11.1 Å². The molecular weight excluding hydrogens is 479 g/mol. The van der Waals surface area contributed by atoms with Crippen LogP contribution in [-0.2, 0) is 9.59 Å². The molecule has 0 bridgehead atoms. The van der Waals surface area contributed by atoms with Gasteiger partial charge in [0.25, 0.3) is 11.1 Å². The molecule has 2 heterocycles. The Bertz CT molecular complexity index is 1280. The van der Waals surface area contributed by atoms with E-state index in [1.54, 1.807) is 16.8 Å². The van der Waals surface area contributed by atoms with Gasteiger partial charge in [-0.3, -0.25) is 19.3 Å². The Hall–Kier alpha value is -3.51. The summed E-state index contributed by atoms with van der Waals surface area (Å²) in [6, 6.07) is 13.6. The van der Waals surface area contributed by atoms with E-state index in [1.807, 2.05) is 31.2 Å². The first kappa shape index (κ1) is 23.6. The fraction of sp³-hybridized carbons (Fsp3) is 0.182. The number of aryl methyl sites for hydroxylation is 1. The molecule has 3 aromatic rings. The molecule has 12 heteroatoms. The Labute approximate surface area is 202 Å². The molecule has 1 aliphatic heterocycles. The number of amides is 3. The second kappa shape index (κ2) is 10.6. The van der Waals surface area contributed by atoms with Gasteiger partial charge in [0.05, 0.1) is 16.3 Å². The first-order valence-corrected chi connectivity index (χ1v) is 12.0. The molecule has 1 N–H and O–H groups in total. The van der Waals surface area contributed by atoms with E-state index in [0.717, 1.165) is 27.9 Å². The van der Waals surface area contributed by atoms with E-state index < -0.39 is 17.0 Å². The van der Waals surface area contributed by atoms with Gasteiger partial charge in [-0.15, -0.1) is 5.10 Å². The molecule has 0 spiro atoms. The third-order valence-corrected chi connectivity index (χ3v) is 6.57. The largest absolute Gasteiger partial charge is 0.354 e. The zero-order valence-electron chi connectivity index (χ0n) is 18.0. The number of imide groups is 1. The van der Waals surface area contributed by atoms with Crippen LogP contribution in [-0.4, -0.2) is 61.0 Å². The molecule has 0 radical (unpaired) electrons. The quantitative estimate of drug-likeness (QED) is 0.373. The number of nitrogens with one attached hydrogen (secondary N) is 1. The van der Waals surface area contributed by atoms with E-state index in [0.29, 0.717) is 5.16 Å². The molecule has 0 aliphatic carbocycles. The molecule has 1 saturated heterocycles. The number of tetrazole rings is 1. The normalized spacial score (nSPS) is 14.8. The fourth-order valence-electron chi connectivity index (χ4n) is 3.11. The average molecular weight is 499 g/mol. The van der Waals surface area contributed by atoms with Crippen molar-refractivity contribution < 1.29 is 18.8 Å². The fourth-order valence-corrected chi connectivity index (χ4v) is 4.68. The second-order valence-electron chi connectivity index (χ2n) is 7.21. The number of hydrogen-bond acceptors (Lipinski definition) is 8. The Balaban J connectivity index is 1.28. The smallest absolute Gasteiger partial charge is 0.293 e. The lowest BCUT2D eigenvalue weighted by Gasteiger charge is -2.13. The number of rotatable bonds is 8. The van der Waals surface area contributed by atoms with E-state index in [4.69, 9.17) is 0 Å². The van der Waals surface area contributed by atoms with Crippen molar-refractivity contribution in [3.05, 3.63) is 70.4 Å². The lowest BCUT2D eigenvalue weighted by atomic mass is 10.2. The summed E-state index contributed by atoms with van der Waals surface area (Å²) in [6.45, 7) is 2.06. The predicted octanol–water partition coefficient (Wildman–Crippen LogP) is 3.05. The highest BCUT2D eigenvalue weighted by Crippen LogP contribution is 2.32. The summed E-state index contributed by atoms with van der Waals surface area (Å²) in [5.74, 6) is -1.23. The van der Waals surface area contributed by atoms with E-state index in [2.05, 4.69) is 20.8 Å². The molecule has 34 heavy (non-hydrogen) atoms. The summed E-state index contributed by atoms with van der Waals surface area (Å²) in [4.78, 5) is 38.2. The molecule has 1 fully saturated rings. The Morgan fingerprint density at radius 3 is 2.82 bits per heavy atom. The molecule has 0 atom stereocenters. The van der Waals surface area contributed by atoms with Crippen molar-refractivity contribution >= 4 is 46.7 Å². The zero-order chi connectivity index (χ0) is 24.1. The second-order valence-corrected chi connectivity index (χ2v) is 9.14. The van der Waals surface area contributed by atoms with Crippen LogP contribution in [0, 0.1) is 12.7 Å². The van der Waals surface area contributed by atoms with Gasteiger partial charge < -0.3 is 5.32 Å². The summed E-state index contributed by atoms with van der Waals surface area (Å²) >= 11 is 1.91. The number of halogens is 1. The predicted molar refractivity (Wildman–Crippen MR) is 127 cm³/mol. The number of hydrogen-bond donors (Lipinski definition) is 1. The minimum Gasteiger partial charge on any atom is -0.354 e. The molecule has 0 saturated carbocycles.